The lowest BCUT2D eigenvalue weighted by molar-refractivity contribution is 0.442. The molecule has 1 atom stereocenters. The van der Waals surface area contributed by atoms with Gasteiger partial charge in [-0.05, 0) is 12.8 Å². The molecular formula is C9H16ClN3. The van der Waals surface area contributed by atoms with Gasteiger partial charge in [-0.2, -0.15) is 5.10 Å². The standard InChI is InChI=1S/C9H16ClN3/c1-4-6(2)5-13-9(11)8(10)7(3)12-13/h6H,4-5,11H2,1-3H3. The average Bonchev–Trinajstić information content (AvgIpc) is 2.34. The van der Waals surface area contributed by atoms with Crippen molar-refractivity contribution in [3.63, 3.8) is 0 Å². The van der Waals surface area contributed by atoms with E-state index in [1.807, 2.05) is 6.92 Å². The lowest BCUT2D eigenvalue weighted by Gasteiger charge is -2.09. The zero-order valence-corrected chi connectivity index (χ0v) is 9.10. The van der Waals surface area contributed by atoms with Crippen LogP contribution in [0.25, 0.3) is 0 Å². The molecule has 4 heteroatoms. The lowest BCUT2D eigenvalue weighted by Crippen LogP contribution is -2.10. The van der Waals surface area contributed by atoms with Gasteiger partial charge in [0.15, 0.2) is 0 Å². The second-order valence-corrected chi connectivity index (χ2v) is 3.86. The van der Waals surface area contributed by atoms with Crippen molar-refractivity contribution in [1.82, 2.24) is 9.78 Å². The van der Waals surface area contributed by atoms with Gasteiger partial charge in [0.05, 0.1) is 5.69 Å². The van der Waals surface area contributed by atoms with Crippen LogP contribution in [0.1, 0.15) is 26.0 Å². The molecule has 0 aliphatic rings. The third-order valence-electron chi connectivity index (χ3n) is 2.27. The van der Waals surface area contributed by atoms with E-state index in [2.05, 4.69) is 18.9 Å². The van der Waals surface area contributed by atoms with Gasteiger partial charge in [0.25, 0.3) is 0 Å². The van der Waals surface area contributed by atoms with Crippen LogP contribution in [-0.4, -0.2) is 9.78 Å². The van der Waals surface area contributed by atoms with E-state index in [1.165, 1.54) is 0 Å². The molecule has 3 nitrogen and oxygen atoms in total. The number of nitrogens with zero attached hydrogens (tertiary/aromatic N) is 2. The molecule has 0 saturated heterocycles. The third-order valence-corrected chi connectivity index (χ3v) is 2.74. The molecule has 2 N–H and O–H groups in total. The maximum atomic E-state index is 5.92. The highest BCUT2D eigenvalue weighted by molar-refractivity contribution is 6.33. The minimum absolute atomic E-state index is 0.581. The van der Waals surface area contributed by atoms with E-state index >= 15 is 0 Å². The summed E-state index contributed by atoms with van der Waals surface area (Å²) in [6.45, 7) is 7.03. The molecule has 1 heterocycles. The quantitative estimate of drug-likeness (QED) is 0.817. The molecule has 1 unspecified atom stereocenters. The third kappa shape index (κ3) is 2.15. The first kappa shape index (κ1) is 10.4. The van der Waals surface area contributed by atoms with E-state index in [9.17, 15) is 0 Å². The summed E-state index contributed by atoms with van der Waals surface area (Å²) in [6, 6.07) is 0. The summed E-state index contributed by atoms with van der Waals surface area (Å²) in [5.74, 6) is 1.16. The number of hydrogen-bond acceptors (Lipinski definition) is 2. The Labute approximate surface area is 83.9 Å². The normalized spacial score (nSPS) is 13.2. The number of halogens is 1. The minimum Gasteiger partial charge on any atom is -0.383 e. The maximum Gasteiger partial charge on any atom is 0.140 e. The predicted octanol–water partition coefficient (Wildman–Crippen LogP) is 2.47. The van der Waals surface area contributed by atoms with Crippen molar-refractivity contribution in [2.24, 2.45) is 5.92 Å². The molecule has 0 aromatic carbocycles. The minimum atomic E-state index is 0.581. The second kappa shape index (κ2) is 4.01. The van der Waals surface area contributed by atoms with Gasteiger partial charge in [0.2, 0.25) is 0 Å². The first-order valence-corrected chi connectivity index (χ1v) is 4.92. The number of aromatic nitrogens is 2. The Morgan fingerprint density at radius 2 is 2.23 bits per heavy atom. The Bertz CT molecular complexity index is 293. The van der Waals surface area contributed by atoms with E-state index in [4.69, 9.17) is 17.3 Å². The van der Waals surface area contributed by atoms with Crippen LogP contribution in [0, 0.1) is 12.8 Å². The molecule has 0 fully saturated rings. The Hall–Kier alpha value is -0.700. The zero-order chi connectivity index (χ0) is 10.0. The summed E-state index contributed by atoms with van der Waals surface area (Å²) in [4.78, 5) is 0. The summed E-state index contributed by atoms with van der Waals surface area (Å²) < 4.78 is 1.78. The SMILES string of the molecule is CCC(C)Cn1nc(C)c(Cl)c1N. The first-order chi connectivity index (χ1) is 6.06. The Morgan fingerprint density at radius 3 is 2.62 bits per heavy atom. The largest absolute Gasteiger partial charge is 0.383 e. The smallest absolute Gasteiger partial charge is 0.140 e. The average molecular weight is 202 g/mol. The molecular weight excluding hydrogens is 186 g/mol. The van der Waals surface area contributed by atoms with Crippen LogP contribution in [0.4, 0.5) is 5.82 Å². The first-order valence-electron chi connectivity index (χ1n) is 4.54. The van der Waals surface area contributed by atoms with Crippen LogP contribution in [0.2, 0.25) is 5.02 Å². The van der Waals surface area contributed by atoms with E-state index in [0.29, 0.717) is 16.8 Å². The monoisotopic (exact) mass is 201 g/mol. The summed E-state index contributed by atoms with van der Waals surface area (Å²) in [5, 5.41) is 4.84. The molecule has 0 radical (unpaired) electrons. The highest BCUT2D eigenvalue weighted by Crippen LogP contribution is 2.23. The van der Waals surface area contributed by atoms with E-state index < -0.39 is 0 Å². The van der Waals surface area contributed by atoms with Gasteiger partial charge in [-0.3, -0.25) is 0 Å². The molecule has 1 aromatic rings. The van der Waals surface area contributed by atoms with Gasteiger partial charge in [-0.15, -0.1) is 0 Å². The maximum absolute atomic E-state index is 5.92. The highest BCUT2D eigenvalue weighted by atomic mass is 35.5. The van der Waals surface area contributed by atoms with Crippen molar-refractivity contribution in [3.8, 4) is 0 Å². The topological polar surface area (TPSA) is 43.8 Å². The summed E-state index contributed by atoms with van der Waals surface area (Å²) in [7, 11) is 0. The van der Waals surface area contributed by atoms with Gasteiger partial charge in [0.1, 0.15) is 10.8 Å². The van der Waals surface area contributed by atoms with E-state index in [0.717, 1.165) is 18.7 Å². The highest BCUT2D eigenvalue weighted by Gasteiger charge is 2.11. The van der Waals surface area contributed by atoms with Crippen molar-refractivity contribution in [2.45, 2.75) is 33.7 Å². The number of rotatable bonds is 3. The van der Waals surface area contributed by atoms with Crippen molar-refractivity contribution in [1.29, 1.82) is 0 Å². The molecule has 74 valence electrons. The molecule has 13 heavy (non-hydrogen) atoms. The van der Waals surface area contributed by atoms with Crippen molar-refractivity contribution in [3.05, 3.63) is 10.7 Å². The number of aryl methyl sites for hydroxylation is 1. The van der Waals surface area contributed by atoms with Crippen LogP contribution < -0.4 is 5.73 Å². The lowest BCUT2D eigenvalue weighted by atomic mass is 10.1. The summed E-state index contributed by atoms with van der Waals surface area (Å²) in [6.07, 6.45) is 1.12. The number of anilines is 1. The fourth-order valence-electron chi connectivity index (χ4n) is 1.14. The molecule has 0 aliphatic carbocycles. The van der Waals surface area contributed by atoms with Crippen molar-refractivity contribution < 1.29 is 0 Å². The van der Waals surface area contributed by atoms with Crippen LogP contribution in [-0.2, 0) is 6.54 Å². The Kier molecular flexibility index (Phi) is 3.20. The number of hydrogen-bond donors (Lipinski definition) is 1. The molecule has 1 rings (SSSR count). The molecule has 0 saturated carbocycles. The van der Waals surface area contributed by atoms with Crippen LogP contribution >= 0.6 is 11.6 Å². The predicted molar refractivity (Wildman–Crippen MR) is 55.8 cm³/mol. The van der Waals surface area contributed by atoms with Crippen LogP contribution in [0.3, 0.4) is 0 Å². The molecule has 0 amide bonds. The Balaban J connectivity index is 2.83. The molecule has 1 aromatic heterocycles. The van der Waals surface area contributed by atoms with Gasteiger partial charge in [0, 0.05) is 6.54 Å². The van der Waals surface area contributed by atoms with Gasteiger partial charge < -0.3 is 5.73 Å². The fraction of sp³-hybridized carbons (Fsp3) is 0.667. The summed E-state index contributed by atoms with van der Waals surface area (Å²) >= 11 is 5.92. The number of nitrogens with two attached hydrogens (primary N) is 1. The number of nitrogen functional groups attached to an aromatic ring is 1. The molecule has 0 aliphatic heterocycles. The van der Waals surface area contributed by atoms with Crippen molar-refractivity contribution in [2.75, 3.05) is 5.73 Å². The second-order valence-electron chi connectivity index (χ2n) is 3.48. The van der Waals surface area contributed by atoms with E-state index in [1.54, 1.807) is 4.68 Å². The van der Waals surface area contributed by atoms with Crippen molar-refractivity contribution >= 4 is 17.4 Å². The zero-order valence-electron chi connectivity index (χ0n) is 8.34. The fourth-order valence-corrected chi connectivity index (χ4v) is 1.28. The van der Waals surface area contributed by atoms with Gasteiger partial charge in [-0.1, -0.05) is 31.9 Å². The molecule has 0 spiro atoms. The summed E-state index contributed by atoms with van der Waals surface area (Å²) in [5.41, 5.74) is 6.58. The van der Waals surface area contributed by atoms with Gasteiger partial charge >= 0.3 is 0 Å². The van der Waals surface area contributed by atoms with Crippen LogP contribution in [0.15, 0.2) is 0 Å². The Morgan fingerprint density at radius 1 is 1.62 bits per heavy atom. The van der Waals surface area contributed by atoms with Crippen LogP contribution in [0.5, 0.6) is 0 Å². The van der Waals surface area contributed by atoms with E-state index in [-0.39, 0.29) is 0 Å². The van der Waals surface area contributed by atoms with Gasteiger partial charge in [-0.25, -0.2) is 4.68 Å². The molecule has 0 bridgehead atoms.